The van der Waals surface area contributed by atoms with Crippen LogP contribution < -0.4 is 5.32 Å². The van der Waals surface area contributed by atoms with Gasteiger partial charge in [0.2, 0.25) is 0 Å². The van der Waals surface area contributed by atoms with E-state index in [1.807, 2.05) is 61.0 Å². The van der Waals surface area contributed by atoms with Crippen LogP contribution in [0, 0.1) is 13.8 Å². The molecule has 1 amide bonds. The molecule has 1 saturated heterocycles. The predicted molar refractivity (Wildman–Crippen MR) is 169 cm³/mol. The van der Waals surface area contributed by atoms with Crippen molar-refractivity contribution in [1.29, 1.82) is 0 Å². The fraction of sp³-hybridized carbons (Fsp3) is 0.485. The van der Waals surface area contributed by atoms with Gasteiger partial charge in [0.15, 0.2) is 0 Å². The Kier molecular flexibility index (Phi) is 10.9. The second-order valence-electron chi connectivity index (χ2n) is 11.5. The third-order valence-corrected chi connectivity index (χ3v) is 8.19. The van der Waals surface area contributed by atoms with Crippen molar-refractivity contribution in [2.24, 2.45) is 0 Å². The first-order chi connectivity index (χ1) is 21.4. The molecule has 5 rings (SSSR count). The molecule has 0 spiro atoms. The molecule has 0 aliphatic carbocycles. The minimum absolute atomic E-state index is 0.208. The number of fused-ring (bicyclic) bond motifs is 1. The molecule has 11 nitrogen and oxygen atoms in total. The van der Waals surface area contributed by atoms with E-state index in [0.717, 1.165) is 35.5 Å². The van der Waals surface area contributed by atoms with Crippen molar-refractivity contribution in [1.82, 2.24) is 29.3 Å². The zero-order valence-electron chi connectivity index (χ0n) is 26.0. The van der Waals surface area contributed by atoms with Crippen LogP contribution in [0.1, 0.15) is 60.3 Å². The Morgan fingerprint density at radius 3 is 2.59 bits per heavy atom. The summed E-state index contributed by atoms with van der Waals surface area (Å²) >= 11 is 0. The van der Waals surface area contributed by atoms with Crippen molar-refractivity contribution in [2.75, 3.05) is 45.3 Å². The number of carbonyl (C=O) groups excluding carboxylic acids is 2. The van der Waals surface area contributed by atoms with Crippen LogP contribution in [0.25, 0.3) is 16.9 Å². The molecule has 1 unspecified atom stereocenters. The molecule has 11 heteroatoms. The molecule has 0 bridgehead atoms. The Morgan fingerprint density at radius 1 is 1.02 bits per heavy atom. The topological polar surface area (TPSA) is 116 Å². The highest BCUT2D eigenvalue weighted by molar-refractivity contribution is 6.08. The minimum Gasteiger partial charge on any atom is -0.379 e. The lowest BCUT2D eigenvalue weighted by Crippen LogP contribution is -2.24. The molecule has 1 aliphatic rings. The Labute approximate surface area is 258 Å². The third-order valence-electron chi connectivity index (χ3n) is 8.19. The van der Waals surface area contributed by atoms with E-state index in [9.17, 15) is 9.59 Å². The highest BCUT2D eigenvalue weighted by Gasteiger charge is 2.20. The van der Waals surface area contributed by atoms with E-state index in [2.05, 4.69) is 32.6 Å². The fourth-order valence-corrected chi connectivity index (χ4v) is 5.70. The van der Waals surface area contributed by atoms with Crippen LogP contribution in [0.3, 0.4) is 0 Å². The summed E-state index contributed by atoms with van der Waals surface area (Å²) in [5.74, 6) is 0.0715. The van der Waals surface area contributed by atoms with E-state index >= 15 is 0 Å². The van der Waals surface area contributed by atoms with Crippen LogP contribution in [0.4, 0.5) is 5.69 Å². The van der Waals surface area contributed by atoms with Crippen molar-refractivity contribution in [3.05, 3.63) is 65.7 Å². The van der Waals surface area contributed by atoms with Gasteiger partial charge in [0.05, 0.1) is 44.7 Å². The van der Waals surface area contributed by atoms with Crippen LogP contribution >= 0.6 is 0 Å². The van der Waals surface area contributed by atoms with Crippen molar-refractivity contribution < 1.29 is 19.1 Å². The van der Waals surface area contributed by atoms with Crippen LogP contribution in [0.2, 0.25) is 0 Å². The van der Waals surface area contributed by atoms with Crippen LogP contribution in [0.15, 0.2) is 48.8 Å². The number of likely N-dealkylation sites (tertiary alicyclic amines) is 1. The number of benzene rings is 1. The average molecular weight is 602 g/mol. The number of nitrogens with zero attached hydrogens (tertiary/aromatic N) is 6. The Bertz CT molecular complexity index is 1550. The van der Waals surface area contributed by atoms with E-state index in [-0.39, 0.29) is 11.7 Å². The van der Waals surface area contributed by atoms with Gasteiger partial charge in [0.25, 0.3) is 5.91 Å². The number of aryl methyl sites for hydroxylation is 2. The molecule has 3 aromatic heterocycles. The third kappa shape index (κ3) is 8.37. The van der Waals surface area contributed by atoms with Gasteiger partial charge in [0.1, 0.15) is 17.1 Å². The summed E-state index contributed by atoms with van der Waals surface area (Å²) in [6, 6.07) is 11.9. The number of aromatic nitrogens is 5. The second-order valence-corrected chi connectivity index (χ2v) is 11.5. The number of hydrogen-bond acceptors (Lipinski definition) is 8. The van der Waals surface area contributed by atoms with Gasteiger partial charge in [-0.15, -0.1) is 5.10 Å². The molecule has 234 valence electrons. The smallest absolute Gasteiger partial charge is 0.259 e. The average Bonchev–Trinajstić information content (AvgIpc) is 3.75. The molecule has 1 fully saturated rings. The second kappa shape index (κ2) is 15.2. The lowest BCUT2D eigenvalue weighted by Gasteiger charge is -2.18. The molecule has 0 saturated carbocycles. The van der Waals surface area contributed by atoms with Gasteiger partial charge in [-0.05, 0) is 77.4 Å². The summed E-state index contributed by atoms with van der Waals surface area (Å²) in [5, 5.41) is 11.4. The number of ether oxygens (including phenoxy) is 2. The largest absolute Gasteiger partial charge is 0.379 e. The standard InChI is InChI=1S/C33H43N7O4/c1-24-22-25(2)40-16-13-30(32(40)34-24)33(42)35-27-11-9-26(10-12-27)31-23-39(37-36-31)17-19-44-21-20-43-18-14-29(41)8-4-6-28-7-5-15-38(28)3/h9-13,16,22-23,28H,4-8,14-15,17-21H2,1-3H3,(H,35,42). The maximum absolute atomic E-state index is 13.0. The van der Waals surface area contributed by atoms with E-state index in [1.54, 1.807) is 10.7 Å². The first kappa shape index (κ1) is 31.5. The number of nitrogens with one attached hydrogen (secondary N) is 1. The summed E-state index contributed by atoms with van der Waals surface area (Å²) in [5.41, 5.74) is 5.38. The Morgan fingerprint density at radius 2 is 1.82 bits per heavy atom. The lowest BCUT2D eigenvalue weighted by atomic mass is 10.0. The van der Waals surface area contributed by atoms with Gasteiger partial charge in [0, 0.05) is 47.7 Å². The number of Topliss-reactive ketones (excluding diaryl/α,β-unsaturated/α-hetero) is 1. The molecule has 4 heterocycles. The zero-order valence-corrected chi connectivity index (χ0v) is 26.0. The van der Waals surface area contributed by atoms with Gasteiger partial charge < -0.3 is 24.1 Å². The van der Waals surface area contributed by atoms with E-state index in [0.29, 0.717) is 68.8 Å². The van der Waals surface area contributed by atoms with Crippen LogP contribution in [-0.4, -0.2) is 87.0 Å². The summed E-state index contributed by atoms with van der Waals surface area (Å²) in [6.45, 7) is 7.51. The van der Waals surface area contributed by atoms with Gasteiger partial charge in [-0.3, -0.25) is 9.59 Å². The zero-order chi connectivity index (χ0) is 30.9. The number of amides is 1. The summed E-state index contributed by atoms with van der Waals surface area (Å²) < 4.78 is 14.9. The van der Waals surface area contributed by atoms with Crippen molar-refractivity contribution in [2.45, 2.75) is 65.0 Å². The summed E-state index contributed by atoms with van der Waals surface area (Å²) in [7, 11) is 2.18. The molecule has 1 N–H and O–H groups in total. The molecule has 1 aliphatic heterocycles. The number of ketones is 1. The number of carbonyl (C=O) groups is 2. The van der Waals surface area contributed by atoms with Gasteiger partial charge in [-0.1, -0.05) is 17.3 Å². The number of hydrogen-bond donors (Lipinski definition) is 1. The molecule has 0 radical (unpaired) electrons. The van der Waals surface area contributed by atoms with Gasteiger partial charge >= 0.3 is 0 Å². The molecular formula is C33H43N7O4. The van der Waals surface area contributed by atoms with Gasteiger partial charge in [-0.25, -0.2) is 9.67 Å². The Balaban J connectivity index is 0.964. The van der Waals surface area contributed by atoms with E-state index < -0.39 is 0 Å². The van der Waals surface area contributed by atoms with E-state index in [4.69, 9.17) is 9.47 Å². The number of rotatable bonds is 16. The molecule has 1 atom stereocenters. The van der Waals surface area contributed by atoms with Crippen LogP contribution in [-0.2, 0) is 20.8 Å². The minimum atomic E-state index is -0.208. The van der Waals surface area contributed by atoms with Gasteiger partial charge in [-0.2, -0.15) is 0 Å². The van der Waals surface area contributed by atoms with Crippen LogP contribution in [0.5, 0.6) is 0 Å². The van der Waals surface area contributed by atoms with E-state index in [1.165, 1.54) is 19.4 Å². The highest BCUT2D eigenvalue weighted by Crippen LogP contribution is 2.22. The first-order valence-corrected chi connectivity index (χ1v) is 15.5. The summed E-state index contributed by atoms with van der Waals surface area (Å²) in [6.07, 6.45) is 9.46. The van der Waals surface area contributed by atoms with Crippen molar-refractivity contribution >= 4 is 23.0 Å². The van der Waals surface area contributed by atoms with Crippen molar-refractivity contribution in [3.8, 4) is 11.3 Å². The summed E-state index contributed by atoms with van der Waals surface area (Å²) in [4.78, 5) is 32.0. The molecule has 44 heavy (non-hydrogen) atoms. The maximum atomic E-state index is 13.0. The monoisotopic (exact) mass is 601 g/mol. The predicted octanol–water partition coefficient (Wildman–Crippen LogP) is 4.72. The normalized spacial score (nSPS) is 15.3. The maximum Gasteiger partial charge on any atom is 0.259 e. The highest BCUT2D eigenvalue weighted by atomic mass is 16.5. The fourth-order valence-electron chi connectivity index (χ4n) is 5.70. The molecule has 1 aromatic carbocycles. The lowest BCUT2D eigenvalue weighted by molar-refractivity contribution is -0.120. The van der Waals surface area contributed by atoms with Crippen molar-refractivity contribution in [3.63, 3.8) is 0 Å². The first-order valence-electron chi connectivity index (χ1n) is 15.5. The molecular weight excluding hydrogens is 558 g/mol. The quantitative estimate of drug-likeness (QED) is 0.184. The Hall–Kier alpha value is -3.93. The molecule has 4 aromatic rings. The SMILES string of the molecule is Cc1cc(C)n2ccc(C(=O)Nc3ccc(-c4cn(CCOCCOCCC(=O)CCCC5CCCN5C)nn4)cc3)c2n1. The number of anilines is 1.